The van der Waals surface area contributed by atoms with Crippen LogP contribution >= 0.6 is 0 Å². The van der Waals surface area contributed by atoms with Gasteiger partial charge in [-0.1, -0.05) is 11.6 Å². The molecule has 110 valence electrons. The van der Waals surface area contributed by atoms with Crippen molar-refractivity contribution in [3.05, 3.63) is 6.20 Å². The fourth-order valence-electron chi connectivity index (χ4n) is 2.15. The number of hydrogen-bond donors (Lipinski definition) is 1. The van der Waals surface area contributed by atoms with E-state index in [1.807, 2.05) is 13.8 Å². The Hall–Kier alpha value is -1.92. The molecule has 0 spiro atoms. The minimum absolute atomic E-state index is 0.00151. The van der Waals surface area contributed by atoms with E-state index in [0.717, 1.165) is 19.3 Å². The topological polar surface area (TPSA) is 80.1 Å². The standard InChI is InChI=1S/C13H21N5O2/c1-3-17(4-2)12(19)9-18-8-11(15-16-18)14-13(20)10-6-5-7-10/h8,10H,3-7,9H2,1-2H3,(H,14,20). The van der Waals surface area contributed by atoms with Gasteiger partial charge >= 0.3 is 0 Å². The van der Waals surface area contributed by atoms with Crippen molar-refractivity contribution in [2.45, 2.75) is 39.7 Å². The molecule has 0 unspecified atom stereocenters. The zero-order valence-electron chi connectivity index (χ0n) is 12.0. The number of amides is 2. The molecule has 1 saturated carbocycles. The number of nitrogens with zero attached hydrogens (tertiary/aromatic N) is 4. The van der Waals surface area contributed by atoms with Crippen molar-refractivity contribution in [3.8, 4) is 0 Å². The third kappa shape index (κ3) is 3.34. The molecule has 0 saturated heterocycles. The predicted octanol–water partition coefficient (Wildman–Crippen LogP) is 0.885. The molecule has 0 aliphatic heterocycles. The second-order valence-corrected chi connectivity index (χ2v) is 4.98. The van der Waals surface area contributed by atoms with Crippen molar-refractivity contribution >= 4 is 17.6 Å². The van der Waals surface area contributed by atoms with Gasteiger partial charge in [0.1, 0.15) is 6.54 Å². The Morgan fingerprint density at radius 1 is 1.40 bits per heavy atom. The van der Waals surface area contributed by atoms with Crippen LogP contribution in [-0.2, 0) is 16.1 Å². The van der Waals surface area contributed by atoms with Crippen LogP contribution in [0.15, 0.2) is 6.20 Å². The van der Waals surface area contributed by atoms with Crippen LogP contribution in [-0.4, -0.2) is 44.8 Å². The highest BCUT2D eigenvalue weighted by molar-refractivity contribution is 5.92. The summed E-state index contributed by atoms with van der Waals surface area (Å²) in [5.41, 5.74) is 0. The summed E-state index contributed by atoms with van der Waals surface area (Å²) in [7, 11) is 0. The van der Waals surface area contributed by atoms with Crippen LogP contribution in [0.2, 0.25) is 0 Å². The Morgan fingerprint density at radius 3 is 2.65 bits per heavy atom. The normalized spacial score (nSPS) is 14.7. The number of hydrogen-bond acceptors (Lipinski definition) is 4. The SMILES string of the molecule is CCN(CC)C(=O)Cn1cc(NC(=O)C2CCC2)nn1. The van der Waals surface area contributed by atoms with Crippen LogP contribution in [0.1, 0.15) is 33.1 Å². The Balaban J connectivity index is 1.88. The zero-order chi connectivity index (χ0) is 14.5. The van der Waals surface area contributed by atoms with Crippen molar-refractivity contribution in [1.82, 2.24) is 19.9 Å². The summed E-state index contributed by atoms with van der Waals surface area (Å²) in [5.74, 6) is 0.516. The number of likely N-dealkylation sites (N-methyl/N-ethyl adjacent to an activating group) is 1. The number of carbonyl (C=O) groups is 2. The minimum Gasteiger partial charge on any atom is -0.342 e. The molecule has 7 nitrogen and oxygen atoms in total. The molecule has 7 heteroatoms. The highest BCUT2D eigenvalue weighted by Gasteiger charge is 2.25. The maximum absolute atomic E-state index is 11.9. The van der Waals surface area contributed by atoms with E-state index < -0.39 is 0 Å². The van der Waals surface area contributed by atoms with Gasteiger partial charge in [0.15, 0.2) is 5.82 Å². The largest absolute Gasteiger partial charge is 0.342 e. The lowest BCUT2D eigenvalue weighted by Crippen LogP contribution is -2.33. The molecule has 2 rings (SSSR count). The molecule has 0 aromatic carbocycles. The molecular weight excluding hydrogens is 258 g/mol. The van der Waals surface area contributed by atoms with Gasteiger partial charge in [-0.3, -0.25) is 9.59 Å². The number of nitrogens with one attached hydrogen (secondary N) is 1. The number of rotatable bonds is 6. The molecule has 1 aromatic heterocycles. The van der Waals surface area contributed by atoms with E-state index in [1.165, 1.54) is 4.68 Å². The minimum atomic E-state index is -0.00299. The Labute approximate surface area is 118 Å². The van der Waals surface area contributed by atoms with E-state index in [2.05, 4.69) is 15.6 Å². The lowest BCUT2D eigenvalue weighted by Gasteiger charge is -2.23. The first-order valence-corrected chi connectivity index (χ1v) is 7.12. The van der Waals surface area contributed by atoms with Gasteiger partial charge in [-0.05, 0) is 26.7 Å². The van der Waals surface area contributed by atoms with Crippen LogP contribution in [0.5, 0.6) is 0 Å². The van der Waals surface area contributed by atoms with Crippen molar-refractivity contribution in [2.24, 2.45) is 5.92 Å². The lowest BCUT2D eigenvalue weighted by atomic mass is 9.85. The van der Waals surface area contributed by atoms with Gasteiger partial charge in [-0.2, -0.15) is 0 Å². The van der Waals surface area contributed by atoms with Crippen molar-refractivity contribution < 1.29 is 9.59 Å². The molecule has 1 fully saturated rings. The van der Waals surface area contributed by atoms with Crippen LogP contribution in [0.3, 0.4) is 0 Å². The summed E-state index contributed by atoms with van der Waals surface area (Å²) in [4.78, 5) is 25.4. The third-order valence-electron chi connectivity index (χ3n) is 3.68. The highest BCUT2D eigenvalue weighted by atomic mass is 16.2. The quantitative estimate of drug-likeness (QED) is 0.838. The molecule has 1 N–H and O–H groups in total. The number of aromatic nitrogens is 3. The van der Waals surface area contributed by atoms with Crippen molar-refractivity contribution in [2.75, 3.05) is 18.4 Å². The van der Waals surface area contributed by atoms with E-state index in [0.29, 0.717) is 18.9 Å². The van der Waals surface area contributed by atoms with E-state index in [4.69, 9.17) is 0 Å². The average Bonchev–Trinajstić information content (AvgIpc) is 2.75. The summed E-state index contributed by atoms with van der Waals surface area (Å²) in [6, 6.07) is 0. The van der Waals surface area contributed by atoms with Gasteiger partial charge in [0.2, 0.25) is 11.8 Å². The van der Waals surface area contributed by atoms with E-state index in [9.17, 15) is 9.59 Å². The summed E-state index contributed by atoms with van der Waals surface area (Å²) in [6.45, 7) is 5.37. The third-order valence-corrected chi connectivity index (χ3v) is 3.68. The maximum Gasteiger partial charge on any atom is 0.244 e. The predicted molar refractivity (Wildman–Crippen MR) is 73.9 cm³/mol. The van der Waals surface area contributed by atoms with Crippen LogP contribution in [0, 0.1) is 5.92 Å². The first-order valence-electron chi connectivity index (χ1n) is 7.12. The van der Waals surface area contributed by atoms with E-state index >= 15 is 0 Å². The van der Waals surface area contributed by atoms with E-state index in [1.54, 1.807) is 11.1 Å². The van der Waals surface area contributed by atoms with Crippen LogP contribution in [0.4, 0.5) is 5.82 Å². The second-order valence-electron chi connectivity index (χ2n) is 4.98. The van der Waals surface area contributed by atoms with Crippen LogP contribution in [0.25, 0.3) is 0 Å². The van der Waals surface area contributed by atoms with Crippen molar-refractivity contribution in [3.63, 3.8) is 0 Å². The van der Waals surface area contributed by atoms with Gasteiger partial charge in [-0.15, -0.1) is 5.10 Å². The molecule has 0 bridgehead atoms. The van der Waals surface area contributed by atoms with E-state index in [-0.39, 0.29) is 24.3 Å². The molecule has 1 aliphatic carbocycles. The summed E-state index contributed by atoms with van der Waals surface area (Å²) in [5, 5.41) is 10.5. The first-order chi connectivity index (χ1) is 9.63. The number of anilines is 1. The average molecular weight is 279 g/mol. The molecular formula is C13H21N5O2. The summed E-state index contributed by atoms with van der Waals surface area (Å²) < 4.78 is 1.46. The molecule has 1 heterocycles. The molecule has 2 amide bonds. The van der Waals surface area contributed by atoms with Crippen molar-refractivity contribution in [1.29, 1.82) is 0 Å². The zero-order valence-corrected chi connectivity index (χ0v) is 12.0. The Kier molecular flexibility index (Phi) is 4.70. The Morgan fingerprint density at radius 2 is 2.10 bits per heavy atom. The fourth-order valence-corrected chi connectivity index (χ4v) is 2.15. The Bertz CT molecular complexity index is 477. The van der Waals surface area contributed by atoms with Gasteiger partial charge in [0.05, 0.1) is 6.20 Å². The van der Waals surface area contributed by atoms with Gasteiger partial charge in [0, 0.05) is 19.0 Å². The smallest absolute Gasteiger partial charge is 0.244 e. The second kappa shape index (κ2) is 6.49. The molecule has 1 aliphatic rings. The lowest BCUT2D eigenvalue weighted by molar-refractivity contribution is -0.131. The first kappa shape index (κ1) is 14.5. The number of carbonyl (C=O) groups excluding carboxylic acids is 2. The maximum atomic E-state index is 11.9. The molecule has 0 radical (unpaired) electrons. The monoisotopic (exact) mass is 279 g/mol. The molecule has 1 aromatic rings. The van der Waals surface area contributed by atoms with Gasteiger partial charge in [-0.25, -0.2) is 4.68 Å². The fraction of sp³-hybridized carbons (Fsp3) is 0.692. The summed E-state index contributed by atoms with van der Waals surface area (Å²) >= 11 is 0. The van der Waals surface area contributed by atoms with Gasteiger partial charge in [0.25, 0.3) is 0 Å². The van der Waals surface area contributed by atoms with Gasteiger partial charge < -0.3 is 10.2 Å². The highest BCUT2D eigenvalue weighted by Crippen LogP contribution is 2.27. The van der Waals surface area contributed by atoms with Crippen LogP contribution < -0.4 is 5.32 Å². The summed E-state index contributed by atoms with van der Waals surface area (Å²) in [6.07, 6.45) is 4.60. The molecule has 0 atom stereocenters. The molecule has 20 heavy (non-hydrogen) atoms.